The van der Waals surface area contributed by atoms with Crippen molar-refractivity contribution in [1.29, 1.82) is 0 Å². The van der Waals surface area contributed by atoms with Crippen molar-refractivity contribution < 1.29 is 4.43 Å². The lowest BCUT2D eigenvalue weighted by atomic mass is 10.0. The Kier molecular flexibility index (Phi) is 4.42. The molecule has 1 atom stereocenters. The van der Waals surface area contributed by atoms with E-state index < -0.39 is 8.32 Å². The Morgan fingerprint density at radius 3 is 2.12 bits per heavy atom. The largest absolute Gasteiger partial charge is 0.547 e. The van der Waals surface area contributed by atoms with Crippen LogP contribution in [-0.2, 0) is 4.43 Å². The van der Waals surface area contributed by atoms with Crippen LogP contribution in [0.2, 0.25) is 19.6 Å². The van der Waals surface area contributed by atoms with Gasteiger partial charge in [-0.15, -0.1) is 0 Å². The molecule has 2 heteroatoms. The molecule has 0 aliphatic heterocycles. The molecule has 92 valence electrons. The molecule has 0 radical (unpaired) electrons. The molecule has 0 spiro atoms. The van der Waals surface area contributed by atoms with Gasteiger partial charge in [0, 0.05) is 5.92 Å². The monoisotopic (exact) mass is 238 g/mol. The summed E-state index contributed by atoms with van der Waals surface area (Å²) in [5, 5.41) is 0. The molecule has 0 N–H and O–H groups in total. The zero-order valence-corrected chi connectivity index (χ0v) is 12.7. The van der Waals surface area contributed by atoms with Crippen LogP contribution in [-0.4, -0.2) is 8.32 Å². The van der Waals surface area contributed by atoms with Gasteiger partial charge in [0.05, 0.1) is 5.76 Å². The highest BCUT2D eigenvalue weighted by atomic mass is 28.4. The Balaban J connectivity index is 3.01. The van der Waals surface area contributed by atoms with E-state index in [9.17, 15) is 0 Å². The first-order chi connectivity index (χ1) is 7.42. The van der Waals surface area contributed by atoms with Gasteiger partial charge < -0.3 is 4.43 Å². The van der Waals surface area contributed by atoms with Crippen molar-refractivity contribution in [1.82, 2.24) is 0 Å². The van der Waals surface area contributed by atoms with E-state index >= 15 is 0 Å². The standard InChI is InChI=1S/C14H26OSi/c1-7-11-10-12(8-2)14(13(11)9-3)15-16(4,5)6/h10,12H,7-9H2,1-6H3. The minimum absolute atomic E-state index is 0.539. The Hall–Kier alpha value is -0.503. The molecule has 1 rings (SSSR count). The number of rotatable bonds is 5. The van der Waals surface area contributed by atoms with Crippen molar-refractivity contribution in [3.05, 3.63) is 23.0 Å². The highest BCUT2D eigenvalue weighted by molar-refractivity contribution is 6.70. The molecular weight excluding hydrogens is 212 g/mol. The minimum atomic E-state index is -1.47. The summed E-state index contributed by atoms with van der Waals surface area (Å²) in [5.41, 5.74) is 3.00. The first kappa shape index (κ1) is 13.6. The molecule has 1 aliphatic rings. The van der Waals surface area contributed by atoms with Gasteiger partial charge in [-0.2, -0.15) is 0 Å². The topological polar surface area (TPSA) is 9.23 Å². The molecule has 1 unspecified atom stereocenters. The van der Waals surface area contributed by atoms with Crippen LogP contribution >= 0.6 is 0 Å². The summed E-state index contributed by atoms with van der Waals surface area (Å²) in [7, 11) is -1.47. The number of hydrogen-bond acceptors (Lipinski definition) is 1. The fourth-order valence-electron chi connectivity index (χ4n) is 2.30. The molecule has 1 nitrogen and oxygen atoms in total. The quantitative estimate of drug-likeness (QED) is 0.620. The van der Waals surface area contributed by atoms with Crippen LogP contribution in [0.5, 0.6) is 0 Å². The van der Waals surface area contributed by atoms with Gasteiger partial charge in [-0.1, -0.05) is 26.8 Å². The lowest BCUT2D eigenvalue weighted by Crippen LogP contribution is -2.26. The molecule has 16 heavy (non-hydrogen) atoms. The van der Waals surface area contributed by atoms with E-state index in [4.69, 9.17) is 4.43 Å². The Morgan fingerprint density at radius 1 is 1.12 bits per heavy atom. The van der Waals surface area contributed by atoms with Gasteiger partial charge in [0.25, 0.3) is 0 Å². The second-order valence-corrected chi connectivity index (χ2v) is 9.90. The third-order valence-electron chi connectivity index (χ3n) is 3.01. The third-order valence-corrected chi connectivity index (χ3v) is 3.85. The maximum absolute atomic E-state index is 6.30. The summed E-state index contributed by atoms with van der Waals surface area (Å²) in [6.45, 7) is 13.5. The molecule has 0 heterocycles. The first-order valence-electron chi connectivity index (χ1n) is 6.56. The molecule has 0 aromatic carbocycles. The number of hydrogen-bond donors (Lipinski definition) is 0. The fraction of sp³-hybridized carbons (Fsp3) is 0.714. The maximum Gasteiger partial charge on any atom is 0.241 e. The van der Waals surface area contributed by atoms with E-state index in [0.717, 1.165) is 19.3 Å². The highest BCUT2D eigenvalue weighted by Crippen LogP contribution is 2.38. The lowest BCUT2D eigenvalue weighted by Gasteiger charge is -2.25. The molecule has 0 aromatic rings. The average molecular weight is 238 g/mol. The van der Waals surface area contributed by atoms with Crippen LogP contribution in [0, 0.1) is 5.92 Å². The maximum atomic E-state index is 6.30. The number of allylic oxidation sites excluding steroid dienone is 3. The Bertz CT molecular complexity index is 307. The lowest BCUT2D eigenvalue weighted by molar-refractivity contribution is 0.363. The molecule has 0 saturated heterocycles. The van der Waals surface area contributed by atoms with Crippen molar-refractivity contribution in [3.63, 3.8) is 0 Å². The van der Waals surface area contributed by atoms with Gasteiger partial charge in [0.15, 0.2) is 0 Å². The SMILES string of the molecule is CCC1=CC(CC)C(O[Si](C)(C)C)=C1CC. The molecule has 0 fully saturated rings. The summed E-state index contributed by atoms with van der Waals surface area (Å²) < 4.78 is 6.30. The van der Waals surface area contributed by atoms with E-state index in [1.54, 1.807) is 0 Å². The van der Waals surface area contributed by atoms with E-state index in [2.05, 4.69) is 46.5 Å². The molecule has 0 bridgehead atoms. The highest BCUT2D eigenvalue weighted by Gasteiger charge is 2.28. The van der Waals surface area contributed by atoms with Crippen molar-refractivity contribution in [2.24, 2.45) is 5.92 Å². The van der Waals surface area contributed by atoms with Crippen LogP contribution in [0.4, 0.5) is 0 Å². The summed E-state index contributed by atoms with van der Waals surface area (Å²) in [5.74, 6) is 1.83. The van der Waals surface area contributed by atoms with Gasteiger partial charge in [0.1, 0.15) is 0 Å². The van der Waals surface area contributed by atoms with Crippen LogP contribution in [0.1, 0.15) is 40.0 Å². The van der Waals surface area contributed by atoms with Crippen molar-refractivity contribution in [3.8, 4) is 0 Å². The third kappa shape index (κ3) is 3.00. The van der Waals surface area contributed by atoms with Crippen LogP contribution in [0.3, 0.4) is 0 Å². The van der Waals surface area contributed by atoms with Crippen LogP contribution < -0.4 is 0 Å². The van der Waals surface area contributed by atoms with Gasteiger partial charge in [-0.05, 0) is 50.0 Å². The van der Waals surface area contributed by atoms with E-state index in [1.165, 1.54) is 16.9 Å². The fourth-order valence-corrected chi connectivity index (χ4v) is 3.24. The van der Waals surface area contributed by atoms with Crippen LogP contribution in [0.15, 0.2) is 23.0 Å². The van der Waals surface area contributed by atoms with Crippen molar-refractivity contribution in [2.45, 2.75) is 59.7 Å². The second-order valence-electron chi connectivity index (χ2n) is 5.47. The molecule has 0 aromatic heterocycles. The Labute approximate surface area is 102 Å². The minimum Gasteiger partial charge on any atom is -0.547 e. The van der Waals surface area contributed by atoms with Gasteiger partial charge >= 0.3 is 0 Å². The van der Waals surface area contributed by atoms with E-state index in [-0.39, 0.29) is 0 Å². The van der Waals surface area contributed by atoms with E-state index in [1.807, 2.05) is 0 Å². The molecule has 1 aliphatic carbocycles. The van der Waals surface area contributed by atoms with Crippen molar-refractivity contribution in [2.75, 3.05) is 0 Å². The predicted molar refractivity (Wildman–Crippen MR) is 73.9 cm³/mol. The predicted octanol–water partition coefficient (Wildman–Crippen LogP) is 4.88. The van der Waals surface area contributed by atoms with E-state index in [0.29, 0.717) is 5.92 Å². The van der Waals surface area contributed by atoms with Crippen LogP contribution in [0.25, 0.3) is 0 Å². The van der Waals surface area contributed by atoms with Gasteiger partial charge in [0.2, 0.25) is 8.32 Å². The summed E-state index contributed by atoms with van der Waals surface area (Å²) >= 11 is 0. The van der Waals surface area contributed by atoms with Gasteiger partial charge in [-0.25, -0.2) is 0 Å². The second kappa shape index (κ2) is 5.22. The molecular formula is C14H26OSi. The zero-order valence-electron chi connectivity index (χ0n) is 11.7. The molecule has 0 amide bonds. The normalized spacial score (nSPS) is 21.4. The van der Waals surface area contributed by atoms with Crippen molar-refractivity contribution >= 4 is 8.32 Å². The average Bonchev–Trinajstić information content (AvgIpc) is 2.52. The van der Waals surface area contributed by atoms with Gasteiger partial charge in [-0.3, -0.25) is 0 Å². The summed E-state index contributed by atoms with van der Waals surface area (Å²) in [6.07, 6.45) is 5.83. The Morgan fingerprint density at radius 2 is 1.75 bits per heavy atom. The summed E-state index contributed by atoms with van der Waals surface area (Å²) in [4.78, 5) is 0. The zero-order chi connectivity index (χ0) is 12.3. The summed E-state index contributed by atoms with van der Waals surface area (Å²) in [6, 6.07) is 0. The molecule has 0 saturated carbocycles. The smallest absolute Gasteiger partial charge is 0.241 e. The first-order valence-corrected chi connectivity index (χ1v) is 9.96.